The zero-order chi connectivity index (χ0) is 52.1. The number of rotatable bonds is 24. The van der Waals surface area contributed by atoms with Crippen LogP contribution in [0.1, 0.15) is 64.5 Å². The van der Waals surface area contributed by atoms with Crippen LogP contribution in [0.15, 0.2) is 176 Å². The van der Waals surface area contributed by atoms with Crippen LogP contribution >= 0.6 is 0 Å². The van der Waals surface area contributed by atoms with Crippen molar-refractivity contribution in [2.75, 3.05) is 13.2 Å². The van der Waals surface area contributed by atoms with Crippen molar-refractivity contribution in [1.29, 1.82) is 0 Å². The normalized spacial score (nSPS) is 18.3. The molecule has 0 spiro atoms. The van der Waals surface area contributed by atoms with E-state index >= 15 is 0 Å². The molecule has 1 saturated heterocycles. The molecule has 3 amide bonds. The molecule has 7 atom stereocenters. The number of esters is 1. The second-order valence-corrected chi connectivity index (χ2v) is 18.8. The lowest BCUT2D eigenvalue weighted by Crippen LogP contribution is -2.67. The minimum Gasteiger partial charge on any atom is -0.457 e. The molecule has 7 rings (SSSR count). The summed E-state index contributed by atoms with van der Waals surface area (Å²) in [6, 6.07) is 49.7. The Kier molecular flexibility index (Phi) is 20.4. The Morgan fingerprint density at radius 2 is 1.04 bits per heavy atom. The number of aliphatic hydroxyl groups excluding tert-OH is 1. The molecule has 15 heteroatoms. The molecule has 0 saturated carbocycles. The molecule has 1 aliphatic heterocycles. The largest absolute Gasteiger partial charge is 0.457 e. The van der Waals surface area contributed by atoms with Gasteiger partial charge in [-0.3, -0.25) is 9.59 Å². The molecule has 0 aromatic heterocycles. The lowest BCUT2D eigenvalue weighted by atomic mass is 9.95. The number of carbonyl (C=O) groups excluding carboxylic acids is 4. The number of ether oxygens (including phenoxy) is 7. The number of carbonyl (C=O) groups is 4. The SMILES string of the molecule is CC(C)(C)OC(=O)N[C@@H](Cc1cccc(C(=O)OCc2ccccc2)c1)C(=O)N[C@@H](COCc1ccccc1)C(=O)N[C@@H]1[C@@H](OCc2ccccc2)[C@H](OCc2ccccc2)[C@@H](COCc2ccccc2)O[C@H]1O. The summed E-state index contributed by atoms with van der Waals surface area (Å²) >= 11 is 0. The highest BCUT2D eigenvalue weighted by Crippen LogP contribution is 2.28. The number of hydrogen-bond donors (Lipinski definition) is 4. The van der Waals surface area contributed by atoms with Gasteiger partial charge in [0.25, 0.3) is 0 Å². The van der Waals surface area contributed by atoms with E-state index in [9.17, 15) is 24.3 Å². The molecule has 74 heavy (non-hydrogen) atoms. The number of alkyl carbamates (subject to hydrolysis) is 1. The summed E-state index contributed by atoms with van der Waals surface area (Å²) < 4.78 is 42.9. The van der Waals surface area contributed by atoms with E-state index in [1.807, 2.05) is 152 Å². The fourth-order valence-electron chi connectivity index (χ4n) is 8.12. The van der Waals surface area contributed by atoms with Crippen LogP contribution in [0.4, 0.5) is 4.79 Å². The van der Waals surface area contributed by atoms with Crippen LogP contribution in [-0.4, -0.2) is 90.5 Å². The van der Waals surface area contributed by atoms with Gasteiger partial charge in [0.1, 0.15) is 48.6 Å². The molecule has 1 heterocycles. The molecule has 4 N–H and O–H groups in total. The Bertz CT molecular complexity index is 2660. The number of aliphatic hydroxyl groups is 1. The summed E-state index contributed by atoms with van der Waals surface area (Å²) in [5.41, 5.74) is 4.07. The van der Waals surface area contributed by atoms with Crippen LogP contribution in [-0.2, 0) is 82.2 Å². The molecular formula is C59H65N3O12. The Morgan fingerprint density at radius 3 is 1.58 bits per heavy atom. The highest BCUT2D eigenvalue weighted by molar-refractivity contribution is 5.92. The van der Waals surface area contributed by atoms with Gasteiger partial charge in [-0.15, -0.1) is 0 Å². The lowest BCUT2D eigenvalue weighted by Gasteiger charge is -2.45. The molecule has 0 radical (unpaired) electrons. The fraction of sp³-hybridized carbons (Fsp3) is 0.322. The van der Waals surface area contributed by atoms with Crippen molar-refractivity contribution in [3.05, 3.63) is 215 Å². The highest BCUT2D eigenvalue weighted by Gasteiger charge is 2.48. The first kappa shape index (κ1) is 54.5. The van der Waals surface area contributed by atoms with E-state index in [0.717, 1.165) is 27.8 Å². The maximum atomic E-state index is 14.9. The smallest absolute Gasteiger partial charge is 0.408 e. The molecule has 388 valence electrons. The van der Waals surface area contributed by atoms with E-state index in [1.54, 1.807) is 45.0 Å². The average Bonchev–Trinajstić information content (AvgIpc) is 3.40. The second kappa shape index (κ2) is 27.7. The molecule has 0 bridgehead atoms. The Labute approximate surface area is 432 Å². The summed E-state index contributed by atoms with van der Waals surface area (Å²) in [4.78, 5) is 56.1. The third-order valence-corrected chi connectivity index (χ3v) is 11.8. The first-order valence-electron chi connectivity index (χ1n) is 24.6. The van der Waals surface area contributed by atoms with Crippen LogP contribution in [0, 0.1) is 0 Å². The Balaban J connectivity index is 1.15. The van der Waals surface area contributed by atoms with Crippen LogP contribution in [0.2, 0.25) is 0 Å². The number of benzene rings is 6. The van der Waals surface area contributed by atoms with Gasteiger partial charge in [-0.1, -0.05) is 164 Å². The second-order valence-electron chi connectivity index (χ2n) is 18.8. The predicted octanol–water partition coefficient (Wildman–Crippen LogP) is 7.77. The molecule has 1 aliphatic rings. The summed E-state index contributed by atoms with van der Waals surface area (Å²) in [6.45, 7) is 5.37. The quantitative estimate of drug-likeness (QED) is 0.0432. The van der Waals surface area contributed by atoms with Crippen LogP contribution in [0.25, 0.3) is 0 Å². The van der Waals surface area contributed by atoms with E-state index in [4.69, 9.17) is 33.2 Å². The third kappa shape index (κ3) is 17.5. The fourth-order valence-corrected chi connectivity index (χ4v) is 8.12. The van der Waals surface area contributed by atoms with Gasteiger partial charge in [0.15, 0.2) is 6.29 Å². The van der Waals surface area contributed by atoms with E-state index in [2.05, 4.69) is 16.0 Å². The van der Waals surface area contributed by atoms with E-state index in [0.29, 0.717) is 5.56 Å². The van der Waals surface area contributed by atoms with Crippen molar-refractivity contribution < 1.29 is 57.4 Å². The van der Waals surface area contributed by atoms with Crippen molar-refractivity contribution in [2.45, 2.75) is 109 Å². The number of hydrogen-bond acceptors (Lipinski definition) is 12. The van der Waals surface area contributed by atoms with Gasteiger partial charge < -0.3 is 54.2 Å². The molecule has 1 fully saturated rings. The minimum atomic E-state index is -1.64. The summed E-state index contributed by atoms with van der Waals surface area (Å²) in [7, 11) is 0. The van der Waals surface area contributed by atoms with Gasteiger partial charge in [-0.25, -0.2) is 9.59 Å². The van der Waals surface area contributed by atoms with Crippen molar-refractivity contribution in [3.8, 4) is 0 Å². The molecule has 6 aromatic rings. The molecule has 0 aliphatic carbocycles. The topological polar surface area (TPSA) is 189 Å². The van der Waals surface area contributed by atoms with Gasteiger partial charge in [-0.05, 0) is 66.3 Å². The van der Waals surface area contributed by atoms with Crippen molar-refractivity contribution in [1.82, 2.24) is 16.0 Å². The highest BCUT2D eigenvalue weighted by atomic mass is 16.7. The Hall–Kier alpha value is -7.24. The van der Waals surface area contributed by atoms with Gasteiger partial charge in [0, 0.05) is 6.42 Å². The third-order valence-electron chi connectivity index (χ3n) is 11.8. The Morgan fingerprint density at radius 1 is 0.554 bits per heavy atom. The molecule has 0 unspecified atom stereocenters. The average molecular weight is 1010 g/mol. The van der Waals surface area contributed by atoms with Crippen LogP contribution in [0.3, 0.4) is 0 Å². The van der Waals surface area contributed by atoms with E-state index in [-0.39, 0.29) is 58.2 Å². The lowest BCUT2D eigenvalue weighted by molar-refractivity contribution is -0.278. The van der Waals surface area contributed by atoms with Crippen molar-refractivity contribution in [3.63, 3.8) is 0 Å². The first-order valence-corrected chi connectivity index (χ1v) is 24.6. The zero-order valence-corrected chi connectivity index (χ0v) is 41.9. The standard InChI is InChI=1S/C59H65N3O12/c1-59(2,3)74-58(67)61-48(33-46-30-19-31-47(32-46)56(65)72-38-45-28-17-8-18-29-45)54(63)60-49(39-68-34-41-20-9-4-10-21-41)55(64)62-51-53(71-37-44-26-15-7-16-27-44)52(70-36-43-24-13-6-14-25-43)50(73-57(51)66)40-69-35-42-22-11-5-12-23-42/h4-32,48-53,57,66H,33-40H2,1-3H3,(H,60,63)(H,61,67)(H,62,64)/t48-,49-,50+,51+,52+,53+,57+/m0/s1. The van der Waals surface area contributed by atoms with Gasteiger partial charge in [-0.2, -0.15) is 0 Å². The summed E-state index contributed by atoms with van der Waals surface area (Å²) in [6.07, 6.45) is -5.45. The van der Waals surface area contributed by atoms with Crippen molar-refractivity contribution >= 4 is 23.9 Å². The zero-order valence-electron chi connectivity index (χ0n) is 41.9. The van der Waals surface area contributed by atoms with E-state index < -0.39 is 72.2 Å². The van der Waals surface area contributed by atoms with Gasteiger partial charge >= 0.3 is 12.1 Å². The number of nitrogens with one attached hydrogen (secondary N) is 3. The monoisotopic (exact) mass is 1010 g/mol. The molecular weight excluding hydrogens is 943 g/mol. The predicted molar refractivity (Wildman–Crippen MR) is 276 cm³/mol. The minimum absolute atomic E-state index is 0.00704. The van der Waals surface area contributed by atoms with Crippen LogP contribution < -0.4 is 16.0 Å². The summed E-state index contributed by atoms with van der Waals surface area (Å²) in [5, 5.41) is 20.3. The number of amides is 3. The maximum absolute atomic E-state index is 14.9. The molecule has 15 nitrogen and oxygen atoms in total. The van der Waals surface area contributed by atoms with Crippen molar-refractivity contribution in [2.24, 2.45) is 0 Å². The summed E-state index contributed by atoms with van der Waals surface area (Å²) in [5.74, 6) is -2.11. The molecule has 6 aromatic carbocycles. The first-order chi connectivity index (χ1) is 35.9. The van der Waals surface area contributed by atoms with Gasteiger partial charge in [0.05, 0.1) is 45.2 Å². The van der Waals surface area contributed by atoms with Gasteiger partial charge in [0.2, 0.25) is 11.8 Å². The van der Waals surface area contributed by atoms with Crippen LogP contribution in [0.5, 0.6) is 0 Å². The maximum Gasteiger partial charge on any atom is 0.408 e. The van der Waals surface area contributed by atoms with E-state index in [1.165, 1.54) is 0 Å².